The second-order valence-electron chi connectivity index (χ2n) is 2.36. The van der Waals surface area contributed by atoms with Crippen molar-refractivity contribution in [1.82, 2.24) is 20.2 Å². The normalized spacial score (nSPS) is 9.92. The summed E-state index contributed by atoms with van der Waals surface area (Å²) in [5, 5.41) is 7.72. The van der Waals surface area contributed by atoms with Crippen molar-refractivity contribution in [3.8, 4) is 11.4 Å². The summed E-state index contributed by atoms with van der Waals surface area (Å²) in [6, 6.07) is 5.60. The lowest BCUT2D eigenvalue weighted by Gasteiger charge is -1.97. The molecule has 0 saturated carbocycles. The summed E-state index contributed by atoms with van der Waals surface area (Å²) < 4.78 is 0. The fourth-order valence-corrected chi connectivity index (χ4v) is 1.09. The average Bonchev–Trinajstić information content (AvgIpc) is 2.19. The molecule has 0 aromatic carbocycles. The molecule has 2 heterocycles. The quantitative estimate of drug-likeness (QED) is 0.687. The SMILES string of the molecule is Sc1nncc(-c2ccccn2)n1. The highest BCUT2D eigenvalue weighted by Crippen LogP contribution is 2.11. The molecule has 0 saturated heterocycles. The van der Waals surface area contributed by atoms with Gasteiger partial charge in [0.15, 0.2) is 0 Å². The summed E-state index contributed by atoms with van der Waals surface area (Å²) in [6.45, 7) is 0. The molecule has 0 aliphatic carbocycles. The number of aromatic nitrogens is 4. The maximum Gasteiger partial charge on any atom is 0.206 e. The molecule has 2 rings (SSSR count). The number of rotatable bonds is 1. The largest absolute Gasteiger partial charge is 0.255 e. The van der Waals surface area contributed by atoms with Gasteiger partial charge in [-0.1, -0.05) is 6.07 Å². The van der Waals surface area contributed by atoms with Crippen LogP contribution < -0.4 is 0 Å². The molecule has 0 radical (unpaired) electrons. The first kappa shape index (κ1) is 8.12. The van der Waals surface area contributed by atoms with Crippen molar-refractivity contribution < 1.29 is 0 Å². The molecular weight excluding hydrogens is 184 g/mol. The number of nitrogens with zero attached hydrogens (tertiary/aromatic N) is 4. The summed E-state index contributed by atoms with van der Waals surface area (Å²) in [5.41, 5.74) is 1.45. The number of thiol groups is 1. The minimum absolute atomic E-state index is 0.350. The minimum atomic E-state index is 0.350. The van der Waals surface area contributed by atoms with E-state index >= 15 is 0 Å². The topological polar surface area (TPSA) is 51.6 Å². The first-order valence-electron chi connectivity index (χ1n) is 3.66. The van der Waals surface area contributed by atoms with Crippen molar-refractivity contribution in [3.05, 3.63) is 30.6 Å². The Kier molecular flexibility index (Phi) is 2.18. The summed E-state index contributed by atoms with van der Waals surface area (Å²) in [7, 11) is 0. The molecule has 0 fully saturated rings. The molecule has 2 aromatic heterocycles. The number of hydrogen-bond acceptors (Lipinski definition) is 5. The Morgan fingerprint density at radius 2 is 2.08 bits per heavy atom. The van der Waals surface area contributed by atoms with E-state index in [1.54, 1.807) is 12.4 Å². The second-order valence-corrected chi connectivity index (χ2v) is 2.76. The zero-order valence-electron chi connectivity index (χ0n) is 6.62. The van der Waals surface area contributed by atoms with Crippen LogP contribution in [0, 0.1) is 0 Å². The fraction of sp³-hybridized carbons (Fsp3) is 0. The third-order valence-electron chi connectivity index (χ3n) is 1.47. The Bertz CT molecular complexity index is 404. The fourth-order valence-electron chi connectivity index (χ4n) is 0.932. The van der Waals surface area contributed by atoms with Gasteiger partial charge in [-0.25, -0.2) is 4.98 Å². The molecule has 0 spiro atoms. The van der Waals surface area contributed by atoms with Crippen LogP contribution in [0.4, 0.5) is 0 Å². The Morgan fingerprint density at radius 1 is 1.15 bits per heavy atom. The highest BCUT2D eigenvalue weighted by Gasteiger charge is 2.00. The van der Waals surface area contributed by atoms with Gasteiger partial charge >= 0.3 is 0 Å². The van der Waals surface area contributed by atoms with Gasteiger partial charge in [-0.3, -0.25) is 4.98 Å². The lowest BCUT2D eigenvalue weighted by Crippen LogP contribution is -1.92. The van der Waals surface area contributed by atoms with Crippen molar-refractivity contribution in [2.45, 2.75) is 5.16 Å². The van der Waals surface area contributed by atoms with Crippen molar-refractivity contribution in [2.75, 3.05) is 0 Å². The highest BCUT2D eigenvalue weighted by atomic mass is 32.1. The Balaban J connectivity index is 2.48. The molecule has 0 unspecified atom stereocenters. The third-order valence-corrected chi connectivity index (χ3v) is 1.66. The van der Waals surface area contributed by atoms with E-state index in [-0.39, 0.29) is 0 Å². The van der Waals surface area contributed by atoms with Crippen molar-refractivity contribution in [1.29, 1.82) is 0 Å². The molecule has 0 bridgehead atoms. The third kappa shape index (κ3) is 1.81. The van der Waals surface area contributed by atoms with Crippen molar-refractivity contribution in [3.63, 3.8) is 0 Å². The van der Waals surface area contributed by atoms with Gasteiger partial charge < -0.3 is 0 Å². The predicted molar refractivity (Wildman–Crippen MR) is 50.3 cm³/mol. The number of hydrogen-bond donors (Lipinski definition) is 1. The van der Waals surface area contributed by atoms with Crippen LogP contribution in [0.15, 0.2) is 35.7 Å². The summed E-state index contributed by atoms with van der Waals surface area (Å²) in [5.74, 6) is 0. The van der Waals surface area contributed by atoms with Crippen LogP contribution in [0.2, 0.25) is 0 Å². The van der Waals surface area contributed by atoms with Crippen LogP contribution in [-0.2, 0) is 0 Å². The van der Waals surface area contributed by atoms with Crippen molar-refractivity contribution >= 4 is 12.6 Å². The monoisotopic (exact) mass is 190 g/mol. The Labute approximate surface area is 80.5 Å². The predicted octanol–water partition coefficient (Wildman–Crippen LogP) is 1.22. The highest BCUT2D eigenvalue weighted by molar-refractivity contribution is 7.80. The standard InChI is InChI=1S/C8H6N4S/c13-8-11-7(5-10-12-8)6-3-1-2-4-9-6/h1-5H,(H,11,12,13). The molecule has 0 aliphatic heterocycles. The molecule has 64 valence electrons. The summed E-state index contributed by atoms with van der Waals surface area (Å²) >= 11 is 3.99. The van der Waals surface area contributed by atoms with Gasteiger partial charge in [0.1, 0.15) is 5.69 Å². The van der Waals surface area contributed by atoms with Crippen LogP contribution in [0.1, 0.15) is 0 Å². The van der Waals surface area contributed by atoms with Gasteiger partial charge in [-0.2, -0.15) is 5.10 Å². The van der Waals surface area contributed by atoms with Crippen LogP contribution in [0.3, 0.4) is 0 Å². The first-order chi connectivity index (χ1) is 6.36. The first-order valence-corrected chi connectivity index (χ1v) is 4.11. The maximum absolute atomic E-state index is 4.13. The molecule has 0 amide bonds. The molecule has 0 aliphatic rings. The number of pyridine rings is 1. The van der Waals surface area contributed by atoms with Crippen LogP contribution in [-0.4, -0.2) is 20.2 Å². The zero-order valence-corrected chi connectivity index (χ0v) is 7.52. The van der Waals surface area contributed by atoms with Crippen LogP contribution in [0.25, 0.3) is 11.4 Å². The summed E-state index contributed by atoms with van der Waals surface area (Å²) in [4.78, 5) is 8.20. The molecular formula is C8H6N4S. The van der Waals surface area contributed by atoms with E-state index in [4.69, 9.17) is 0 Å². The molecule has 0 atom stereocenters. The van der Waals surface area contributed by atoms with Gasteiger partial charge in [0.05, 0.1) is 11.9 Å². The molecule has 5 heteroatoms. The van der Waals surface area contributed by atoms with Gasteiger partial charge in [-0.05, 0) is 12.1 Å². The van der Waals surface area contributed by atoms with E-state index in [0.717, 1.165) is 5.69 Å². The summed E-state index contributed by atoms with van der Waals surface area (Å²) in [6.07, 6.45) is 3.26. The minimum Gasteiger partial charge on any atom is -0.255 e. The van der Waals surface area contributed by atoms with E-state index in [2.05, 4.69) is 32.8 Å². The maximum atomic E-state index is 4.13. The zero-order chi connectivity index (χ0) is 9.10. The molecule has 4 nitrogen and oxygen atoms in total. The second kappa shape index (κ2) is 3.49. The van der Waals surface area contributed by atoms with E-state index in [9.17, 15) is 0 Å². The molecule has 2 aromatic rings. The van der Waals surface area contributed by atoms with Gasteiger partial charge in [0.2, 0.25) is 5.16 Å². The van der Waals surface area contributed by atoms with Crippen LogP contribution in [0.5, 0.6) is 0 Å². The van der Waals surface area contributed by atoms with E-state index in [0.29, 0.717) is 10.9 Å². The van der Waals surface area contributed by atoms with E-state index in [1.165, 1.54) is 0 Å². The molecule has 0 N–H and O–H groups in total. The van der Waals surface area contributed by atoms with Gasteiger partial charge in [0.25, 0.3) is 0 Å². The van der Waals surface area contributed by atoms with Crippen molar-refractivity contribution in [2.24, 2.45) is 0 Å². The van der Waals surface area contributed by atoms with E-state index in [1.807, 2.05) is 18.2 Å². The van der Waals surface area contributed by atoms with E-state index < -0.39 is 0 Å². The Morgan fingerprint density at radius 3 is 2.77 bits per heavy atom. The molecule has 13 heavy (non-hydrogen) atoms. The smallest absolute Gasteiger partial charge is 0.206 e. The Hall–Kier alpha value is -1.49. The lowest BCUT2D eigenvalue weighted by atomic mass is 10.3. The van der Waals surface area contributed by atoms with Crippen LogP contribution >= 0.6 is 12.6 Å². The lowest BCUT2D eigenvalue weighted by molar-refractivity contribution is 0.846. The van der Waals surface area contributed by atoms with Gasteiger partial charge in [0, 0.05) is 6.20 Å². The average molecular weight is 190 g/mol. The van der Waals surface area contributed by atoms with Gasteiger partial charge in [-0.15, -0.1) is 17.7 Å².